The zero-order valence-corrected chi connectivity index (χ0v) is 9.57. The van der Waals surface area contributed by atoms with E-state index in [2.05, 4.69) is 27.1 Å². The van der Waals surface area contributed by atoms with E-state index in [4.69, 9.17) is 5.73 Å². The average Bonchev–Trinajstić information content (AvgIpc) is 2.17. The first kappa shape index (κ1) is 10.0. The van der Waals surface area contributed by atoms with Gasteiger partial charge in [-0.25, -0.2) is 0 Å². The predicted molar refractivity (Wildman–Crippen MR) is 61.6 cm³/mol. The first-order valence-electron chi connectivity index (χ1n) is 5.13. The minimum atomic E-state index is 0.127. The topological polar surface area (TPSA) is 66.0 Å². The Kier molecular flexibility index (Phi) is 2.17. The van der Waals surface area contributed by atoms with Crippen LogP contribution in [0.15, 0.2) is 21.5 Å². The van der Waals surface area contributed by atoms with Crippen LogP contribution >= 0.6 is 0 Å². The maximum atomic E-state index is 5.70. The Bertz CT molecular complexity index is 379. The van der Waals surface area contributed by atoms with Crippen LogP contribution in [0.25, 0.3) is 0 Å². The van der Waals surface area contributed by atoms with Crippen LogP contribution < -0.4 is 11.1 Å². The summed E-state index contributed by atoms with van der Waals surface area (Å²) in [5.74, 6) is 1.35. The van der Waals surface area contributed by atoms with Crippen molar-refractivity contribution in [1.29, 1.82) is 0 Å². The van der Waals surface area contributed by atoms with Crippen LogP contribution in [0.3, 0.4) is 0 Å². The Morgan fingerprint density at radius 1 is 1.33 bits per heavy atom. The number of nitrogens with zero attached hydrogens (tertiary/aromatic N) is 3. The van der Waals surface area contributed by atoms with Gasteiger partial charge in [-0.1, -0.05) is 0 Å². The molecule has 2 unspecified atom stereocenters. The predicted octanol–water partition coefficient (Wildman–Crippen LogP) is 0.257. The summed E-state index contributed by atoms with van der Waals surface area (Å²) in [6.07, 6.45) is 0. The van der Waals surface area contributed by atoms with Gasteiger partial charge in [-0.3, -0.25) is 4.99 Å². The maximum Gasteiger partial charge on any atom is 0.195 e. The summed E-state index contributed by atoms with van der Waals surface area (Å²) < 4.78 is 0. The quantitative estimate of drug-likeness (QED) is 0.598. The molecule has 0 aromatic rings. The highest BCUT2D eigenvalue weighted by atomic mass is 15.3. The molecule has 2 rings (SSSR count). The molecule has 0 radical (unpaired) electrons. The third kappa shape index (κ3) is 1.48. The van der Waals surface area contributed by atoms with Crippen molar-refractivity contribution in [2.75, 3.05) is 7.05 Å². The molecule has 2 aliphatic rings. The SMILES string of the molecule is CC1=NC2=C(N=C(N)NC2C)N(C)C1C. The summed E-state index contributed by atoms with van der Waals surface area (Å²) in [5.41, 5.74) is 7.79. The van der Waals surface area contributed by atoms with E-state index in [-0.39, 0.29) is 12.1 Å². The summed E-state index contributed by atoms with van der Waals surface area (Å²) in [5, 5.41) is 3.07. The molecular formula is C10H17N5. The van der Waals surface area contributed by atoms with Gasteiger partial charge in [0.05, 0.1) is 12.1 Å². The summed E-state index contributed by atoms with van der Waals surface area (Å²) >= 11 is 0. The largest absolute Gasteiger partial charge is 0.370 e. The molecule has 2 heterocycles. The second-order valence-electron chi connectivity index (χ2n) is 4.11. The van der Waals surface area contributed by atoms with Gasteiger partial charge in [-0.05, 0) is 20.8 Å². The highest BCUT2D eigenvalue weighted by molar-refractivity contribution is 5.90. The van der Waals surface area contributed by atoms with Gasteiger partial charge in [0, 0.05) is 12.8 Å². The number of rotatable bonds is 0. The minimum absolute atomic E-state index is 0.127. The third-order valence-corrected chi connectivity index (χ3v) is 3.05. The smallest absolute Gasteiger partial charge is 0.195 e. The molecule has 2 aliphatic heterocycles. The molecule has 3 N–H and O–H groups in total. The number of nitrogens with one attached hydrogen (secondary N) is 1. The molecule has 15 heavy (non-hydrogen) atoms. The van der Waals surface area contributed by atoms with E-state index in [9.17, 15) is 0 Å². The van der Waals surface area contributed by atoms with Crippen molar-refractivity contribution in [3.8, 4) is 0 Å². The van der Waals surface area contributed by atoms with Gasteiger partial charge in [0.25, 0.3) is 0 Å². The number of nitrogens with two attached hydrogens (primary N) is 1. The van der Waals surface area contributed by atoms with E-state index in [1.807, 2.05) is 20.9 Å². The van der Waals surface area contributed by atoms with Crippen LogP contribution in [0.1, 0.15) is 20.8 Å². The van der Waals surface area contributed by atoms with E-state index < -0.39 is 0 Å². The van der Waals surface area contributed by atoms with Crippen LogP contribution in [-0.2, 0) is 0 Å². The number of guanidine groups is 1. The zero-order chi connectivity index (χ0) is 11.2. The molecule has 2 atom stereocenters. The molecule has 0 saturated heterocycles. The van der Waals surface area contributed by atoms with Gasteiger partial charge >= 0.3 is 0 Å². The Hall–Kier alpha value is -1.52. The summed E-state index contributed by atoms with van der Waals surface area (Å²) in [6, 6.07) is 0.410. The van der Waals surface area contributed by atoms with Gasteiger partial charge in [-0.15, -0.1) is 0 Å². The van der Waals surface area contributed by atoms with Crippen molar-refractivity contribution < 1.29 is 0 Å². The summed E-state index contributed by atoms with van der Waals surface area (Å²) in [7, 11) is 2.02. The van der Waals surface area contributed by atoms with Gasteiger partial charge in [0.15, 0.2) is 11.8 Å². The number of hydrogen-bond acceptors (Lipinski definition) is 5. The molecule has 5 nitrogen and oxygen atoms in total. The lowest BCUT2D eigenvalue weighted by atomic mass is 10.1. The van der Waals surface area contributed by atoms with Crippen molar-refractivity contribution in [3.05, 3.63) is 11.5 Å². The van der Waals surface area contributed by atoms with E-state index in [1.54, 1.807) is 0 Å². The van der Waals surface area contributed by atoms with E-state index in [0.717, 1.165) is 17.2 Å². The van der Waals surface area contributed by atoms with Crippen LogP contribution in [0.4, 0.5) is 0 Å². The molecule has 0 aliphatic carbocycles. The molecule has 5 heteroatoms. The van der Waals surface area contributed by atoms with Gasteiger partial charge in [-0.2, -0.15) is 4.99 Å². The molecule has 0 amide bonds. The lowest BCUT2D eigenvalue weighted by Crippen LogP contribution is -2.48. The van der Waals surface area contributed by atoms with Crippen LogP contribution in [0, 0.1) is 0 Å². The minimum Gasteiger partial charge on any atom is -0.370 e. The fourth-order valence-electron chi connectivity index (χ4n) is 1.84. The Labute approximate surface area is 89.8 Å². The van der Waals surface area contributed by atoms with E-state index in [1.165, 1.54) is 0 Å². The van der Waals surface area contributed by atoms with Gasteiger partial charge in [0.2, 0.25) is 0 Å². The number of aliphatic imine (C=N–C) groups is 2. The average molecular weight is 207 g/mol. The third-order valence-electron chi connectivity index (χ3n) is 3.05. The van der Waals surface area contributed by atoms with Gasteiger partial charge < -0.3 is 16.0 Å². The van der Waals surface area contributed by atoms with Gasteiger partial charge in [0.1, 0.15) is 5.70 Å². The number of hydrogen-bond donors (Lipinski definition) is 2. The van der Waals surface area contributed by atoms with Crippen molar-refractivity contribution >= 4 is 11.7 Å². The second-order valence-corrected chi connectivity index (χ2v) is 4.11. The van der Waals surface area contributed by atoms with Crippen LogP contribution in [0.5, 0.6) is 0 Å². The van der Waals surface area contributed by atoms with E-state index in [0.29, 0.717) is 5.96 Å². The molecule has 0 bridgehead atoms. The van der Waals surface area contributed by atoms with E-state index >= 15 is 0 Å². The highest BCUT2D eigenvalue weighted by Gasteiger charge is 2.29. The van der Waals surface area contributed by atoms with Crippen molar-refractivity contribution in [2.45, 2.75) is 32.9 Å². The van der Waals surface area contributed by atoms with Crippen LogP contribution in [0.2, 0.25) is 0 Å². The van der Waals surface area contributed by atoms with Crippen LogP contribution in [-0.4, -0.2) is 35.7 Å². The maximum absolute atomic E-state index is 5.70. The Balaban J connectivity index is 2.49. The molecule has 0 aromatic carbocycles. The van der Waals surface area contributed by atoms with Crippen molar-refractivity contribution in [3.63, 3.8) is 0 Å². The molecular weight excluding hydrogens is 190 g/mol. The van der Waals surface area contributed by atoms with Crippen molar-refractivity contribution in [2.24, 2.45) is 15.7 Å². The first-order valence-corrected chi connectivity index (χ1v) is 5.13. The zero-order valence-electron chi connectivity index (χ0n) is 9.57. The molecule has 0 aromatic heterocycles. The standard InChI is InChI=1S/C10H17N5/c1-5-7(3)15(4)9-8(12-5)6(2)13-10(11)14-9/h6-7H,1-4H3,(H3,11,13,14). The molecule has 0 saturated carbocycles. The molecule has 82 valence electrons. The van der Waals surface area contributed by atoms with Crippen molar-refractivity contribution in [1.82, 2.24) is 10.2 Å². The Morgan fingerprint density at radius 2 is 2.00 bits per heavy atom. The fourth-order valence-corrected chi connectivity index (χ4v) is 1.84. The highest BCUT2D eigenvalue weighted by Crippen LogP contribution is 2.25. The normalized spacial score (nSPS) is 30.5. The summed E-state index contributed by atoms with van der Waals surface area (Å²) in [6.45, 7) is 6.19. The first-order chi connectivity index (χ1) is 7.00. The second kappa shape index (κ2) is 3.25. The molecule has 0 spiro atoms. The molecule has 0 fully saturated rings. The monoisotopic (exact) mass is 207 g/mol. The lowest BCUT2D eigenvalue weighted by molar-refractivity contribution is 0.363. The summed E-state index contributed by atoms with van der Waals surface area (Å²) in [4.78, 5) is 11.0. The lowest BCUT2D eigenvalue weighted by Gasteiger charge is -2.36. The fraction of sp³-hybridized carbons (Fsp3) is 0.600. The Morgan fingerprint density at radius 3 is 2.67 bits per heavy atom.